The summed E-state index contributed by atoms with van der Waals surface area (Å²) in [6.45, 7) is 3.87. The van der Waals surface area contributed by atoms with Crippen molar-refractivity contribution in [3.63, 3.8) is 0 Å². The van der Waals surface area contributed by atoms with Gasteiger partial charge in [-0.3, -0.25) is 9.52 Å². The van der Waals surface area contributed by atoms with E-state index in [1.807, 2.05) is 6.92 Å². The molecule has 0 radical (unpaired) electrons. The fourth-order valence-electron chi connectivity index (χ4n) is 2.82. The first-order valence-corrected chi connectivity index (χ1v) is 9.34. The number of nitrogens with one attached hydrogen (secondary N) is 1. The first-order valence-electron chi connectivity index (χ1n) is 7.48. The number of benzene rings is 2. The first kappa shape index (κ1) is 16.8. The summed E-state index contributed by atoms with van der Waals surface area (Å²) in [6, 6.07) is 9.87. The van der Waals surface area contributed by atoms with Crippen LogP contribution in [-0.2, 0) is 21.2 Å². The molecular weight excluding hydrogens is 348 g/mol. The third-order valence-electron chi connectivity index (χ3n) is 3.98. The number of amides is 1. The minimum atomic E-state index is -3.76. The van der Waals surface area contributed by atoms with Crippen molar-refractivity contribution < 1.29 is 13.2 Å². The van der Waals surface area contributed by atoms with Gasteiger partial charge in [-0.15, -0.1) is 0 Å². The van der Waals surface area contributed by atoms with Crippen molar-refractivity contribution in [2.24, 2.45) is 0 Å². The third kappa shape index (κ3) is 3.12. The lowest BCUT2D eigenvalue weighted by atomic mass is 10.1. The van der Waals surface area contributed by atoms with Gasteiger partial charge in [0.2, 0.25) is 5.91 Å². The fraction of sp³-hybridized carbons (Fsp3) is 0.235. The van der Waals surface area contributed by atoms with Crippen LogP contribution < -0.4 is 9.62 Å². The lowest BCUT2D eigenvalue weighted by Gasteiger charge is -2.20. The Morgan fingerprint density at radius 2 is 1.88 bits per heavy atom. The predicted octanol–water partition coefficient (Wildman–Crippen LogP) is 3.36. The van der Waals surface area contributed by atoms with Crippen LogP contribution in [0, 0.1) is 6.92 Å². The molecule has 5 nitrogen and oxygen atoms in total. The molecular formula is C17H17ClN2O3S. The molecule has 0 saturated carbocycles. The summed E-state index contributed by atoms with van der Waals surface area (Å²) in [6.07, 6.45) is 0.648. The Morgan fingerprint density at radius 3 is 2.50 bits per heavy atom. The molecule has 1 N–H and O–H groups in total. The van der Waals surface area contributed by atoms with E-state index in [1.165, 1.54) is 13.0 Å². The molecule has 7 heteroatoms. The van der Waals surface area contributed by atoms with E-state index < -0.39 is 10.0 Å². The SMILES string of the molecule is CC(=O)N1CCc2cc(Cl)cc(NS(=O)(=O)c3ccc(C)cc3)c21. The molecule has 1 aliphatic heterocycles. The van der Waals surface area contributed by atoms with Crippen LogP contribution >= 0.6 is 11.6 Å². The van der Waals surface area contributed by atoms with Gasteiger partial charge in [-0.1, -0.05) is 29.3 Å². The number of sulfonamides is 1. The Morgan fingerprint density at radius 1 is 1.21 bits per heavy atom. The van der Waals surface area contributed by atoms with Crippen LogP contribution in [0.1, 0.15) is 18.1 Å². The lowest BCUT2D eigenvalue weighted by Crippen LogP contribution is -2.27. The van der Waals surface area contributed by atoms with Crippen molar-refractivity contribution in [2.45, 2.75) is 25.2 Å². The Balaban J connectivity index is 2.04. The predicted molar refractivity (Wildman–Crippen MR) is 95.2 cm³/mol. The Bertz CT molecular complexity index is 908. The van der Waals surface area contributed by atoms with E-state index in [9.17, 15) is 13.2 Å². The molecule has 1 aliphatic rings. The van der Waals surface area contributed by atoms with Crippen LogP contribution in [0.25, 0.3) is 0 Å². The van der Waals surface area contributed by atoms with Gasteiger partial charge in [0, 0.05) is 18.5 Å². The summed E-state index contributed by atoms with van der Waals surface area (Å²) in [7, 11) is -3.76. The van der Waals surface area contributed by atoms with Crippen LogP contribution in [0.5, 0.6) is 0 Å². The van der Waals surface area contributed by atoms with Gasteiger partial charge in [0.05, 0.1) is 16.3 Å². The summed E-state index contributed by atoms with van der Waals surface area (Å²) in [5, 5.41) is 0.431. The highest BCUT2D eigenvalue weighted by molar-refractivity contribution is 7.92. The minimum Gasteiger partial charge on any atom is -0.310 e. The number of carbonyl (C=O) groups is 1. The largest absolute Gasteiger partial charge is 0.310 e. The molecule has 2 aromatic carbocycles. The number of carbonyl (C=O) groups excluding carboxylic acids is 1. The number of anilines is 2. The molecule has 0 bridgehead atoms. The topological polar surface area (TPSA) is 66.5 Å². The number of hydrogen-bond donors (Lipinski definition) is 1. The van der Waals surface area contributed by atoms with Gasteiger partial charge >= 0.3 is 0 Å². The molecule has 0 aromatic heterocycles. The maximum Gasteiger partial charge on any atom is 0.261 e. The standard InChI is InChI=1S/C17H17ClN2O3S/c1-11-3-5-15(6-4-11)24(22,23)19-16-10-14(18)9-13-7-8-20(12(2)21)17(13)16/h3-6,9-10,19H,7-8H2,1-2H3. The van der Waals surface area contributed by atoms with Crippen molar-refractivity contribution in [2.75, 3.05) is 16.2 Å². The van der Waals surface area contributed by atoms with E-state index in [0.29, 0.717) is 29.4 Å². The molecule has 1 amide bonds. The third-order valence-corrected chi connectivity index (χ3v) is 5.58. The number of halogens is 1. The molecule has 3 rings (SSSR count). The average Bonchev–Trinajstić information content (AvgIpc) is 2.91. The smallest absolute Gasteiger partial charge is 0.261 e. The van der Waals surface area contributed by atoms with Crippen LogP contribution in [0.4, 0.5) is 11.4 Å². The number of fused-ring (bicyclic) bond motifs is 1. The van der Waals surface area contributed by atoms with Gasteiger partial charge in [0.25, 0.3) is 10.0 Å². The monoisotopic (exact) mass is 364 g/mol. The molecule has 0 fully saturated rings. The quantitative estimate of drug-likeness (QED) is 0.908. The summed E-state index contributed by atoms with van der Waals surface area (Å²) in [5.74, 6) is -0.133. The zero-order valence-corrected chi connectivity index (χ0v) is 14.9. The van der Waals surface area contributed by atoms with E-state index in [-0.39, 0.29) is 10.8 Å². The summed E-state index contributed by atoms with van der Waals surface area (Å²) < 4.78 is 27.9. The second-order valence-corrected chi connectivity index (χ2v) is 7.92. The summed E-state index contributed by atoms with van der Waals surface area (Å²) in [4.78, 5) is 13.6. The van der Waals surface area contributed by atoms with Crippen LogP contribution in [0.2, 0.25) is 5.02 Å². The average molecular weight is 365 g/mol. The molecule has 0 atom stereocenters. The molecule has 24 heavy (non-hydrogen) atoms. The Hall–Kier alpha value is -2.05. The van der Waals surface area contributed by atoms with Crippen LogP contribution in [0.3, 0.4) is 0 Å². The van der Waals surface area contributed by atoms with Gasteiger partial charge in [0.15, 0.2) is 0 Å². The van der Waals surface area contributed by atoms with Gasteiger partial charge in [0.1, 0.15) is 0 Å². The minimum absolute atomic E-state index is 0.133. The zero-order chi connectivity index (χ0) is 17.5. The maximum atomic E-state index is 12.6. The Kier molecular flexibility index (Phi) is 4.27. The first-order chi connectivity index (χ1) is 11.3. The summed E-state index contributed by atoms with van der Waals surface area (Å²) >= 11 is 6.11. The maximum absolute atomic E-state index is 12.6. The van der Waals surface area contributed by atoms with E-state index in [0.717, 1.165) is 11.1 Å². The van der Waals surface area contributed by atoms with Crippen LogP contribution in [0.15, 0.2) is 41.3 Å². The van der Waals surface area contributed by atoms with E-state index in [2.05, 4.69) is 4.72 Å². The zero-order valence-electron chi connectivity index (χ0n) is 13.3. The van der Waals surface area contributed by atoms with Crippen molar-refractivity contribution in [1.29, 1.82) is 0 Å². The number of aryl methyl sites for hydroxylation is 1. The molecule has 126 valence electrons. The number of nitrogens with zero attached hydrogens (tertiary/aromatic N) is 1. The van der Waals surface area contributed by atoms with Crippen molar-refractivity contribution >= 4 is 38.9 Å². The highest BCUT2D eigenvalue weighted by Gasteiger charge is 2.28. The van der Waals surface area contributed by atoms with Gasteiger partial charge in [-0.2, -0.15) is 0 Å². The lowest BCUT2D eigenvalue weighted by molar-refractivity contribution is -0.116. The van der Waals surface area contributed by atoms with Gasteiger partial charge in [-0.25, -0.2) is 8.42 Å². The highest BCUT2D eigenvalue weighted by atomic mass is 35.5. The van der Waals surface area contributed by atoms with E-state index in [4.69, 9.17) is 11.6 Å². The molecule has 0 spiro atoms. The molecule has 0 aliphatic carbocycles. The molecule has 1 heterocycles. The second kappa shape index (κ2) is 6.11. The van der Waals surface area contributed by atoms with E-state index >= 15 is 0 Å². The number of rotatable bonds is 3. The van der Waals surface area contributed by atoms with Crippen molar-refractivity contribution in [1.82, 2.24) is 0 Å². The normalized spacial score (nSPS) is 13.7. The second-order valence-electron chi connectivity index (χ2n) is 5.80. The van der Waals surface area contributed by atoms with Crippen molar-refractivity contribution in [3.05, 3.63) is 52.5 Å². The van der Waals surface area contributed by atoms with Gasteiger partial charge in [-0.05, 0) is 43.2 Å². The molecule has 0 unspecified atom stereocenters. The highest BCUT2D eigenvalue weighted by Crippen LogP contribution is 2.39. The van der Waals surface area contributed by atoms with Crippen molar-refractivity contribution in [3.8, 4) is 0 Å². The van der Waals surface area contributed by atoms with E-state index in [1.54, 1.807) is 35.2 Å². The Labute approximate surface area is 146 Å². The van der Waals surface area contributed by atoms with Gasteiger partial charge < -0.3 is 4.90 Å². The molecule has 0 saturated heterocycles. The van der Waals surface area contributed by atoms with Crippen LogP contribution in [-0.4, -0.2) is 20.9 Å². The summed E-state index contributed by atoms with van der Waals surface area (Å²) in [5.41, 5.74) is 2.74. The molecule has 2 aromatic rings. The fourth-order valence-corrected chi connectivity index (χ4v) is 4.12. The number of hydrogen-bond acceptors (Lipinski definition) is 3.